The van der Waals surface area contributed by atoms with Gasteiger partial charge in [-0.3, -0.25) is 0 Å². The van der Waals surface area contributed by atoms with E-state index in [4.69, 9.17) is 0 Å². The zero-order valence-corrected chi connectivity index (χ0v) is 8.45. The Morgan fingerprint density at radius 3 is 2.50 bits per heavy atom. The van der Waals surface area contributed by atoms with Crippen LogP contribution in [-0.2, 0) is 0 Å². The van der Waals surface area contributed by atoms with Crippen LogP contribution in [0.5, 0.6) is 0 Å². The van der Waals surface area contributed by atoms with Crippen LogP contribution in [-0.4, -0.2) is 6.54 Å². The molecule has 0 spiro atoms. The molecule has 0 aliphatic rings. The van der Waals surface area contributed by atoms with Gasteiger partial charge in [0.2, 0.25) is 0 Å². The fourth-order valence-corrected chi connectivity index (χ4v) is 1.03. The Bertz CT molecular complexity index is 223. The van der Waals surface area contributed by atoms with E-state index < -0.39 is 0 Å². The normalized spacial score (nSPS) is 8.83. The number of hydrogen-bond acceptors (Lipinski definition) is 1. The molecule has 0 aromatic heterocycles. The van der Waals surface area contributed by atoms with Crippen molar-refractivity contribution in [3.63, 3.8) is 0 Å². The van der Waals surface area contributed by atoms with Crippen molar-refractivity contribution in [2.24, 2.45) is 0 Å². The van der Waals surface area contributed by atoms with Gasteiger partial charge < -0.3 is 5.32 Å². The highest BCUT2D eigenvalue weighted by molar-refractivity contribution is 5.85. The minimum atomic E-state index is 0. The number of nitrogens with one attached hydrogen (secondary N) is 1. The molecule has 2 heteroatoms. The third-order valence-corrected chi connectivity index (χ3v) is 1.71. The van der Waals surface area contributed by atoms with Crippen LogP contribution < -0.4 is 5.32 Å². The van der Waals surface area contributed by atoms with Gasteiger partial charge in [-0.1, -0.05) is 25.1 Å². The summed E-state index contributed by atoms with van der Waals surface area (Å²) < 4.78 is 0. The Kier molecular flexibility index (Phi) is 5.56. The highest BCUT2D eigenvalue weighted by atomic mass is 35.5. The maximum Gasteiger partial charge on any atom is 0.0369 e. The summed E-state index contributed by atoms with van der Waals surface area (Å²) in [5, 5.41) is 3.36. The highest BCUT2D eigenvalue weighted by Gasteiger charge is 1.92. The maximum atomic E-state index is 3.36. The standard InChI is InChI=1S/C10H15N.ClH/c1-3-8-11-10-7-5-4-6-9(10)2;/h4-7,11H,3,8H2,1-2H3;1H. The van der Waals surface area contributed by atoms with Crippen molar-refractivity contribution in [3.05, 3.63) is 29.8 Å². The van der Waals surface area contributed by atoms with Crippen LogP contribution >= 0.6 is 12.4 Å². The second-order valence-corrected chi connectivity index (χ2v) is 2.74. The van der Waals surface area contributed by atoms with Crippen molar-refractivity contribution in [3.8, 4) is 0 Å². The van der Waals surface area contributed by atoms with Crippen LogP contribution in [0.3, 0.4) is 0 Å². The van der Waals surface area contributed by atoms with Gasteiger partial charge >= 0.3 is 0 Å². The van der Waals surface area contributed by atoms with Crippen molar-refractivity contribution in [1.82, 2.24) is 0 Å². The van der Waals surface area contributed by atoms with Gasteiger partial charge in [0.15, 0.2) is 0 Å². The van der Waals surface area contributed by atoms with Gasteiger partial charge in [0, 0.05) is 12.2 Å². The predicted molar refractivity (Wildman–Crippen MR) is 57.2 cm³/mol. The van der Waals surface area contributed by atoms with Gasteiger partial charge in [-0.05, 0) is 25.0 Å². The molecule has 0 saturated heterocycles. The van der Waals surface area contributed by atoms with Crippen LogP contribution in [0.2, 0.25) is 0 Å². The summed E-state index contributed by atoms with van der Waals surface area (Å²) in [4.78, 5) is 0. The summed E-state index contributed by atoms with van der Waals surface area (Å²) >= 11 is 0. The summed E-state index contributed by atoms with van der Waals surface area (Å²) in [7, 11) is 0. The van der Waals surface area contributed by atoms with Crippen LogP contribution in [0.25, 0.3) is 0 Å². The Morgan fingerprint density at radius 2 is 1.92 bits per heavy atom. The summed E-state index contributed by atoms with van der Waals surface area (Å²) in [6, 6.07) is 8.36. The van der Waals surface area contributed by atoms with E-state index in [1.807, 2.05) is 0 Å². The lowest BCUT2D eigenvalue weighted by Gasteiger charge is -2.06. The first-order valence-corrected chi connectivity index (χ1v) is 4.14. The first-order chi connectivity index (χ1) is 5.34. The molecule has 1 N–H and O–H groups in total. The molecule has 0 radical (unpaired) electrons. The van der Waals surface area contributed by atoms with Gasteiger partial charge in [-0.15, -0.1) is 12.4 Å². The zero-order chi connectivity index (χ0) is 8.10. The van der Waals surface area contributed by atoms with E-state index in [0.717, 1.165) is 6.54 Å². The first-order valence-electron chi connectivity index (χ1n) is 4.14. The molecule has 0 atom stereocenters. The number of rotatable bonds is 3. The third-order valence-electron chi connectivity index (χ3n) is 1.71. The largest absolute Gasteiger partial charge is 0.385 e. The number of hydrogen-bond donors (Lipinski definition) is 1. The summed E-state index contributed by atoms with van der Waals surface area (Å²) in [6.45, 7) is 5.36. The quantitative estimate of drug-likeness (QED) is 0.763. The molecule has 1 nitrogen and oxygen atoms in total. The monoisotopic (exact) mass is 185 g/mol. The molecule has 0 aliphatic heterocycles. The molecule has 1 aromatic rings. The van der Waals surface area contributed by atoms with Crippen molar-refractivity contribution < 1.29 is 0 Å². The Hall–Kier alpha value is -0.690. The Morgan fingerprint density at radius 1 is 1.25 bits per heavy atom. The van der Waals surface area contributed by atoms with Crippen molar-refractivity contribution in [1.29, 1.82) is 0 Å². The van der Waals surface area contributed by atoms with Crippen LogP contribution in [0.1, 0.15) is 18.9 Å². The molecule has 0 saturated carbocycles. The number of anilines is 1. The molecule has 0 bridgehead atoms. The van der Waals surface area contributed by atoms with Crippen molar-refractivity contribution in [2.45, 2.75) is 20.3 Å². The summed E-state index contributed by atoms with van der Waals surface area (Å²) in [6.07, 6.45) is 1.17. The first kappa shape index (κ1) is 11.3. The number of halogens is 1. The van der Waals surface area contributed by atoms with Gasteiger partial charge in [-0.2, -0.15) is 0 Å². The van der Waals surface area contributed by atoms with E-state index in [1.54, 1.807) is 0 Å². The Balaban J connectivity index is 0.00000121. The van der Waals surface area contributed by atoms with Gasteiger partial charge in [-0.25, -0.2) is 0 Å². The highest BCUT2D eigenvalue weighted by Crippen LogP contribution is 2.12. The average Bonchev–Trinajstić information content (AvgIpc) is 2.03. The molecule has 1 aromatic carbocycles. The van der Waals surface area contributed by atoms with Crippen molar-refractivity contribution in [2.75, 3.05) is 11.9 Å². The maximum absolute atomic E-state index is 3.36. The van der Waals surface area contributed by atoms with E-state index in [-0.39, 0.29) is 12.4 Å². The van der Waals surface area contributed by atoms with E-state index in [0.29, 0.717) is 0 Å². The third kappa shape index (κ3) is 3.14. The molecular weight excluding hydrogens is 170 g/mol. The second-order valence-electron chi connectivity index (χ2n) is 2.74. The van der Waals surface area contributed by atoms with E-state index in [9.17, 15) is 0 Å². The van der Waals surface area contributed by atoms with Gasteiger partial charge in [0.05, 0.1) is 0 Å². The SMILES string of the molecule is CCCNc1ccccc1C.Cl. The van der Waals surface area contributed by atoms with E-state index >= 15 is 0 Å². The van der Waals surface area contributed by atoms with Crippen molar-refractivity contribution >= 4 is 18.1 Å². The number of benzene rings is 1. The molecule has 0 heterocycles. The zero-order valence-electron chi connectivity index (χ0n) is 7.63. The smallest absolute Gasteiger partial charge is 0.0369 e. The minimum Gasteiger partial charge on any atom is -0.385 e. The minimum absolute atomic E-state index is 0. The molecule has 68 valence electrons. The van der Waals surface area contributed by atoms with Gasteiger partial charge in [0.25, 0.3) is 0 Å². The number of para-hydroxylation sites is 1. The second kappa shape index (κ2) is 5.90. The van der Waals surface area contributed by atoms with E-state index in [1.165, 1.54) is 17.7 Å². The molecule has 0 fully saturated rings. The van der Waals surface area contributed by atoms with E-state index in [2.05, 4.69) is 43.4 Å². The van der Waals surface area contributed by atoms with Crippen LogP contribution in [0.4, 0.5) is 5.69 Å². The van der Waals surface area contributed by atoms with Crippen LogP contribution in [0, 0.1) is 6.92 Å². The lowest BCUT2D eigenvalue weighted by atomic mass is 10.2. The average molecular weight is 186 g/mol. The molecule has 12 heavy (non-hydrogen) atoms. The predicted octanol–water partition coefficient (Wildman–Crippen LogP) is 3.24. The lowest BCUT2D eigenvalue weighted by molar-refractivity contribution is 0.977. The fraction of sp³-hybridized carbons (Fsp3) is 0.400. The van der Waals surface area contributed by atoms with Crippen LogP contribution in [0.15, 0.2) is 24.3 Å². The number of aryl methyl sites for hydroxylation is 1. The molecule has 0 aliphatic carbocycles. The molecule has 0 unspecified atom stereocenters. The van der Waals surface area contributed by atoms with Gasteiger partial charge in [0.1, 0.15) is 0 Å². The summed E-state index contributed by atoms with van der Waals surface area (Å²) in [5.74, 6) is 0. The lowest BCUT2D eigenvalue weighted by Crippen LogP contribution is -2.00. The topological polar surface area (TPSA) is 12.0 Å². The molecule has 0 amide bonds. The fourth-order valence-electron chi connectivity index (χ4n) is 1.03. The summed E-state index contributed by atoms with van der Waals surface area (Å²) in [5.41, 5.74) is 2.58. The molecule has 1 rings (SSSR count). The Labute approximate surface area is 80.6 Å². The molecular formula is C10H16ClN.